The van der Waals surface area contributed by atoms with E-state index in [2.05, 4.69) is 15.1 Å². The monoisotopic (exact) mass is 457 g/mol. The lowest BCUT2D eigenvalue weighted by Crippen LogP contribution is -2.52. The Balaban J connectivity index is 1.51. The fourth-order valence-electron chi connectivity index (χ4n) is 5.10. The summed E-state index contributed by atoms with van der Waals surface area (Å²) < 4.78 is 28.1. The van der Waals surface area contributed by atoms with Crippen LogP contribution in [0.3, 0.4) is 0 Å². The molecule has 2 fully saturated rings. The number of fused-ring (bicyclic) bond motifs is 2. The fraction of sp³-hybridized carbons (Fsp3) is 0.520. The van der Waals surface area contributed by atoms with E-state index in [9.17, 15) is 10.2 Å². The Labute approximate surface area is 193 Å². The molecular formula is C25H32FN3O4. The molecule has 1 atom stereocenters. The number of piperazine rings is 1. The van der Waals surface area contributed by atoms with E-state index in [1.54, 1.807) is 0 Å². The number of likely N-dealkylation sites (tertiary alicyclic amines) is 1. The van der Waals surface area contributed by atoms with Gasteiger partial charge in [0.05, 0.1) is 17.2 Å². The maximum absolute atomic E-state index is 16.0. The van der Waals surface area contributed by atoms with Crippen molar-refractivity contribution in [2.75, 3.05) is 52.5 Å². The molecule has 3 N–H and O–H groups in total. The zero-order valence-electron chi connectivity index (χ0n) is 18.9. The van der Waals surface area contributed by atoms with Gasteiger partial charge in [-0.15, -0.1) is 0 Å². The largest absolute Gasteiger partial charge is 0.507 e. The van der Waals surface area contributed by atoms with Crippen LogP contribution in [-0.4, -0.2) is 78.5 Å². The summed E-state index contributed by atoms with van der Waals surface area (Å²) in [4.78, 5) is 4.66. The third-order valence-electron chi connectivity index (χ3n) is 6.91. The second-order valence-electron chi connectivity index (χ2n) is 9.11. The van der Waals surface area contributed by atoms with Crippen LogP contribution < -0.4 is 14.8 Å². The highest BCUT2D eigenvalue weighted by atomic mass is 19.1. The van der Waals surface area contributed by atoms with Crippen LogP contribution in [-0.2, 0) is 6.54 Å². The van der Waals surface area contributed by atoms with Crippen molar-refractivity contribution in [3.8, 4) is 34.1 Å². The molecule has 0 amide bonds. The molecule has 0 aromatic heterocycles. The highest BCUT2D eigenvalue weighted by Crippen LogP contribution is 2.47. The summed E-state index contributed by atoms with van der Waals surface area (Å²) >= 11 is 0. The van der Waals surface area contributed by atoms with E-state index in [0.717, 1.165) is 44.8 Å². The van der Waals surface area contributed by atoms with Gasteiger partial charge >= 0.3 is 0 Å². The zero-order valence-corrected chi connectivity index (χ0v) is 18.9. The average Bonchev–Trinajstić information content (AvgIpc) is 3.01. The van der Waals surface area contributed by atoms with Gasteiger partial charge in [0, 0.05) is 38.3 Å². The van der Waals surface area contributed by atoms with Gasteiger partial charge in [-0.3, -0.25) is 9.80 Å². The number of aromatic hydroxyl groups is 2. The van der Waals surface area contributed by atoms with Crippen molar-refractivity contribution in [2.45, 2.75) is 31.8 Å². The van der Waals surface area contributed by atoms with Crippen molar-refractivity contribution in [3.05, 3.63) is 35.6 Å². The normalized spacial score (nSPS) is 21.5. The first-order chi connectivity index (χ1) is 16.1. The molecule has 5 rings (SSSR count). The number of nitrogens with one attached hydrogen (secondary N) is 1. The molecule has 33 heavy (non-hydrogen) atoms. The summed E-state index contributed by atoms with van der Waals surface area (Å²) in [5.41, 5.74) is 0.794. The number of hydrogen-bond acceptors (Lipinski definition) is 7. The Morgan fingerprint density at radius 3 is 2.67 bits per heavy atom. The van der Waals surface area contributed by atoms with Crippen LogP contribution in [0.5, 0.6) is 23.0 Å². The van der Waals surface area contributed by atoms with Crippen molar-refractivity contribution in [2.24, 2.45) is 0 Å². The van der Waals surface area contributed by atoms with Gasteiger partial charge in [0.15, 0.2) is 11.6 Å². The Hall–Kier alpha value is -2.55. The number of piperidine rings is 1. The smallest absolute Gasteiger partial charge is 0.177 e. The van der Waals surface area contributed by atoms with Crippen molar-refractivity contribution in [1.82, 2.24) is 15.1 Å². The third kappa shape index (κ3) is 4.60. The number of rotatable bonds is 5. The van der Waals surface area contributed by atoms with E-state index in [0.29, 0.717) is 25.5 Å². The minimum atomic E-state index is -0.606. The minimum Gasteiger partial charge on any atom is -0.507 e. The second kappa shape index (κ2) is 9.75. The quantitative estimate of drug-likeness (QED) is 0.637. The van der Waals surface area contributed by atoms with E-state index in [-0.39, 0.29) is 34.4 Å². The maximum Gasteiger partial charge on any atom is 0.177 e. The number of halogens is 1. The summed E-state index contributed by atoms with van der Waals surface area (Å²) in [6.45, 7) is 6.73. The topological polar surface area (TPSA) is 77.4 Å². The first kappa shape index (κ1) is 22.3. The van der Waals surface area contributed by atoms with Gasteiger partial charge in [-0.2, -0.15) is 0 Å². The second-order valence-corrected chi connectivity index (χ2v) is 9.11. The van der Waals surface area contributed by atoms with E-state index in [1.807, 2.05) is 6.07 Å². The average molecular weight is 458 g/mol. The van der Waals surface area contributed by atoms with Gasteiger partial charge in [-0.1, -0.05) is 12.5 Å². The molecule has 3 aliphatic rings. The number of phenolic OH excluding ortho intramolecular Hbond substituents is 2. The van der Waals surface area contributed by atoms with Crippen LogP contribution in [0.15, 0.2) is 24.3 Å². The van der Waals surface area contributed by atoms with E-state index >= 15 is 4.39 Å². The molecule has 0 radical (unpaired) electrons. The summed E-state index contributed by atoms with van der Waals surface area (Å²) in [6, 6.07) is 6.37. The molecule has 0 spiro atoms. The van der Waals surface area contributed by atoms with E-state index in [1.165, 1.54) is 37.5 Å². The van der Waals surface area contributed by atoms with Gasteiger partial charge in [0.25, 0.3) is 0 Å². The van der Waals surface area contributed by atoms with Crippen LogP contribution in [0.25, 0.3) is 11.1 Å². The van der Waals surface area contributed by atoms with Gasteiger partial charge in [-0.25, -0.2) is 4.39 Å². The van der Waals surface area contributed by atoms with Crippen LogP contribution >= 0.6 is 0 Å². The predicted molar refractivity (Wildman–Crippen MR) is 124 cm³/mol. The molecular weight excluding hydrogens is 425 g/mol. The molecule has 8 heteroatoms. The molecule has 2 saturated heterocycles. The van der Waals surface area contributed by atoms with E-state index in [4.69, 9.17) is 9.47 Å². The molecule has 3 aliphatic heterocycles. The van der Waals surface area contributed by atoms with Gasteiger partial charge in [-0.05, 0) is 44.1 Å². The van der Waals surface area contributed by atoms with Gasteiger partial charge < -0.3 is 25.0 Å². The van der Waals surface area contributed by atoms with Crippen LogP contribution in [0, 0.1) is 5.82 Å². The minimum absolute atomic E-state index is 0.0259. The van der Waals surface area contributed by atoms with Crippen molar-refractivity contribution in [3.63, 3.8) is 0 Å². The number of benzene rings is 2. The molecule has 178 valence electrons. The lowest BCUT2D eigenvalue weighted by Gasteiger charge is -2.33. The lowest BCUT2D eigenvalue weighted by atomic mass is 9.98. The first-order valence-corrected chi connectivity index (χ1v) is 11.9. The number of phenols is 2. The predicted octanol–water partition coefficient (Wildman–Crippen LogP) is 2.93. The van der Waals surface area contributed by atoms with Crippen molar-refractivity contribution in [1.29, 1.82) is 0 Å². The van der Waals surface area contributed by atoms with Crippen molar-refractivity contribution >= 4 is 0 Å². The SMILES string of the molecule is Oc1cccc(O)c1-c1c(OCCN2CCCCC2)cc2c(c1F)OC[C@H]1CNCCN1C2. The summed E-state index contributed by atoms with van der Waals surface area (Å²) in [7, 11) is 0. The Kier molecular flexibility index (Phi) is 6.57. The van der Waals surface area contributed by atoms with Crippen LogP contribution in [0.4, 0.5) is 4.39 Å². The standard InChI is InChI=1S/C25H32FN3O4/c26-24-23(22-19(30)5-4-6-20(22)31)21(32-12-11-28-8-2-1-3-9-28)13-17-15-29-10-7-27-14-18(29)16-33-25(17)24/h4-6,13,18,27,30-31H,1-3,7-12,14-16H2/t18-/m1/s1. The Morgan fingerprint density at radius 1 is 1.09 bits per heavy atom. The molecule has 3 heterocycles. The van der Waals surface area contributed by atoms with Crippen molar-refractivity contribution < 1.29 is 24.1 Å². The Bertz CT molecular complexity index is 976. The number of hydrogen-bond donors (Lipinski definition) is 3. The number of ether oxygens (including phenoxy) is 2. The third-order valence-corrected chi connectivity index (χ3v) is 6.91. The van der Waals surface area contributed by atoms with E-state index < -0.39 is 5.82 Å². The first-order valence-electron chi connectivity index (χ1n) is 11.9. The summed E-state index contributed by atoms with van der Waals surface area (Å²) in [6.07, 6.45) is 3.64. The van der Waals surface area contributed by atoms with Crippen LogP contribution in [0.2, 0.25) is 0 Å². The summed E-state index contributed by atoms with van der Waals surface area (Å²) in [5.74, 6) is -0.525. The molecule has 0 bridgehead atoms. The van der Waals surface area contributed by atoms with Gasteiger partial charge in [0.2, 0.25) is 0 Å². The van der Waals surface area contributed by atoms with Crippen LogP contribution in [0.1, 0.15) is 24.8 Å². The summed E-state index contributed by atoms with van der Waals surface area (Å²) in [5, 5.41) is 24.4. The lowest BCUT2D eigenvalue weighted by molar-refractivity contribution is 0.119. The molecule has 0 saturated carbocycles. The Morgan fingerprint density at radius 2 is 1.88 bits per heavy atom. The highest BCUT2D eigenvalue weighted by molar-refractivity contribution is 5.82. The molecule has 0 aliphatic carbocycles. The molecule has 0 unspecified atom stereocenters. The maximum atomic E-state index is 16.0. The molecule has 7 nitrogen and oxygen atoms in total. The van der Waals surface area contributed by atoms with Gasteiger partial charge in [0.1, 0.15) is 30.5 Å². The molecule has 2 aromatic rings. The molecule has 2 aromatic carbocycles. The fourth-order valence-corrected chi connectivity index (χ4v) is 5.10. The number of nitrogens with zero attached hydrogens (tertiary/aromatic N) is 2. The zero-order chi connectivity index (χ0) is 22.8. The highest BCUT2D eigenvalue weighted by Gasteiger charge is 2.32.